The van der Waals surface area contributed by atoms with Crippen molar-refractivity contribution in [2.75, 3.05) is 39.3 Å². The van der Waals surface area contributed by atoms with Crippen molar-refractivity contribution in [2.24, 2.45) is 0 Å². The molecule has 2 aromatic rings. The van der Waals surface area contributed by atoms with Crippen molar-refractivity contribution >= 4 is 0 Å². The van der Waals surface area contributed by atoms with Gasteiger partial charge in [0.1, 0.15) is 5.75 Å². The van der Waals surface area contributed by atoms with Gasteiger partial charge in [0, 0.05) is 32.7 Å². The second-order valence-corrected chi connectivity index (χ2v) is 7.11. The van der Waals surface area contributed by atoms with E-state index in [0.717, 1.165) is 44.3 Å². The second-order valence-electron chi connectivity index (χ2n) is 7.11. The van der Waals surface area contributed by atoms with E-state index >= 15 is 0 Å². The van der Waals surface area contributed by atoms with Crippen molar-refractivity contribution in [3.05, 3.63) is 48.3 Å². The van der Waals surface area contributed by atoms with Crippen LogP contribution < -0.4 is 4.74 Å². The quantitative estimate of drug-likeness (QED) is 0.666. The molecule has 0 saturated carbocycles. The van der Waals surface area contributed by atoms with Crippen LogP contribution in [0.2, 0.25) is 0 Å². The molecule has 146 valence electrons. The predicted octanol–water partition coefficient (Wildman–Crippen LogP) is 2.55. The van der Waals surface area contributed by atoms with Crippen molar-refractivity contribution in [3.8, 4) is 5.75 Å². The molecule has 0 amide bonds. The number of hydrogen-bond acceptors (Lipinski definition) is 6. The fraction of sp³-hybridized carbons (Fsp3) is 0.550. The molecule has 3 rings (SSSR count). The Bertz CT molecular complexity index is 718. The minimum Gasteiger partial charge on any atom is -0.494 e. The van der Waals surface area contributed by atoms with E-state index in [1.54, 1.807) is 0 Å². The van der Waals surface area contributed by atoms with Crippen molar-refractivity contribution in [1.82, 2.24) is 30.0 Å². The van der Waals surface area contributed by atoms with Crippen LogP contribution >= 0.6 is 0 Å². The minimum atomic E-state index is 0.0314. The average molecular weight is 371 g/mol. The molecule has 1 unspecified atom stereocenters. The van der Waals surface area contributed by atoms with Crippen molar-refractivity contribution in [2.45, 2.75) is 32.9 Å². The van der Waals surface area contributed by atoms with E-state index in [1.165, 1.54) is 5.56 Å². The molecule has 0 radical (unpaired) electrons. The highest BCUT2D eigenvalue weighted by molar-refractivity contribution is 5.32. The van der Waals surface area contributed by atoms with Crippen LogP contribution in [0, 0.1) is 0 Å². The maximum atomic E-state index is 5.60. The van der Waals surface area contributed by atoms with Gasteiger partial charge in [-0.1, -0.05) is 18.2 Å². The maximum Gasteiger partial charge on any atom is 0.173 e. The number of hydrogen-bond donors (Lipinski definition) is 0. The Balaban J connectivity index is 1.89. The van der Waals surface area contributed by atoms with Gasteiger partial charge in [-0.2, -0.15) is 0 Å². The van der Waals surface area contributed by atoms with Crippen LogP contribution in [-0.4, -0.2) is 69.3 Å². The Hall–Kier alpha value is -2.25. The smallest absolute Gasteiger partial charge is 0.173 e. The van der Waals surface area contributed by atoms with Gasteiger partial charge in [0.2, 0.25) is 0 Å². The number of tetrazole rings is 1. The van der Waals surface area contributed by atoms with E-state index in [0.29, 0.717) is 6.61 Å². The van der Waals surface area contributed by atoms with Gasteiger partial charge in [0.15, 0.2) is 5.82 Å². The molecule has 27 heavy (non-hydrogen) atoms. The highest BCUT2D eigenvalue weighted by Crippen LogP contribution is 2.30. The summed E-state index contributed by atoms with van der Waals surface area (Å²) in [7, 11) is 0. The molecule has 1 aromatic carbocycles. The number of nitrogens with zero attached hydrogens (tertiary/aromatic N) is 6. The molecule has 1 aliphatic heterocycles. The zero-order valence-electron chi connectivity index (χ0n) is 16.6. The molecule has 1 aromatic heterocycles. The summed E-state index contributed by atoms with van der Waals surface area (Å²) in [4.78, 5) is 4.89. The van der Waals surface area contributed by atoms with Crippen LogP contribution in [0.5, 0.6) is 5.75 Å². The van der Waals surface area contributed by atoms with Gasteiger partial charge in [-0.05, 0) is 48.9 Å². The lowest BCUT2D eigenvalue weighted by molar-refractivity contribution is 0.112. The Morgan fingerprint density at radius 3 is 2.44 bits per heavy atom. The lowest BCUT2D eigenvalue weighted by Crippen LogP contribution is -2.48. The molecule has 1 fully saturated rings. The largest absolute Gasteiger partial charge is 0.494 e. The van der Waals surface area contributed by atoms with Gasteiger partial charge < -0.3 is 4.74 Å². The predicted molar refractivity (Wildman–Crippen MR) is 106 cm³/mol. The topological polar surface area (TPSA) is 59.3 Å². The maximum absolute atomic E-state index is 5.60. The summed E-state index contributed by atoms with van der Waals surface area (Å²) in [5, 5.41) is 12.6. The number of rotatable bonds is 8. The highest BCUT2D eigenvalue weighted by atomic mass is 16.5. The summed E-state index contributed by atoms with van der Waals surface area (Å²) in [5.41, 5.74) is 1.19. The fourth-order valence-electron chi connectivity index (χ4n) is 3.57. The molecule has 1 atom stereocenters. The lowest BCUT2D eigenvalue weighted by Gasteiger charge is -2.38. The summed E-state index contributed by atoms with van der Waals surface area (Å²) in [6.07, 6.45) is 1.97. The first-order chi connectivity index (χ1) is 13.1. The van der Waals surface area contributed by atoms with Gasteiger partial charge in [-0.15, -0.1) is 11.7 Å². The van der Waals surface area contributed by atoms with E-state index in [9.17, 15) is 0 Å². The SMILES string of the molecule is C=CCN1CCN(C(c2ccc(OCC)cc2)c2nnnn2C(C)C)CC1. The van der Waals surface area contributed by atoms with Crippen LogP contribution in [0.15, 0.2) is 36.9 Å². The van der Waals surface area contributed by atoms with Crippen LogP contribution in [0.25, 0.3) is 0 Å². The number of piperazine rings is 1. The Morgan fingerprint density at radius 2 is 1.85 bits per heavy atom. The molecule has 7 nitrogen and oxygen atoms in total. The summed E-state index contributed by atoms with van der Waals surface area (Å²) in [6.45, 7) is 15.6. The average Bonchev–Trinajstić information content (AvgIpc) is 3.15. The van der Waals surface area contributed by atoms with Crippen LogP contribution in [0.3, 0.4) is 0 Å². The third-order valence-corrected chi connectivity index (χ3v) is 4.92. The molecule has 0 aliphatic carbocycles. The van der Waals surface area contributed by atoms with E-state index in [4.69, 9.17) is 4.74 Å². The molecule has 0 bridgehead atoms. The Kier molecular flexibility index (Phi) is 6.58. The molecule has 1 saturated heterocycles. The summed E-state index contributed by atoms with van der Waals surface area (Å²) in [6, 6.07) is 8.56. The highest BCUT2D eigenvalue weighted by Gasteiger charge is 2.30. The summed E-state index contributed by atoms with van der Waals surface area (Å²) in [5.74, 6) is 1.78. The number of aromatic nitrogens is 4. The second kappa shape index (κ2) is 9.10. The van der Waals surface area contributed by atoms with Crippen LogP contribution in [0.1, 0.15) is 44.2 Å². The lowest BCUT2D eigenvalue weighted by atomic mass is 10.0. The normalized spacial score (nSPS) is 17.2. The monoisotopic (exact) mass is 370 g/mol. The van der Waals surface area contributed by atoms with Crippen molar-refractivity contribution in [1.29, 1.82) is 0 Å². The van der Waals surface area contributed by atoms with Gasteiger partial charge in [0.25, 0.3) is 0 Å². The first kappa shape index (κ1) is 19.5. The van der Waals surface area contributed by atoms with Crippen molar-refractivity contribution < 1.29 is 4.74 Å². The third kappa shape index (κ3) is 4.54. The minimum absolute atomic E-state index is 0.0314. The van der Waals surface area contributed by atoms with Gasteiger partial charge >= 0.3 is 0 Å². The molecule has 0 spiro atoms. The van der Waals surface area contributed by atoms with Gasteiger partial charge in [-0.3, -0.25) is 9.80 Å². The number of benzene rings is 1. The molecule has 2 heterocycles. The van der Waals surface area contributed by atoms with Gasteiger partial charge in [-0.25, -0.2) is 4.68 Å². The molecular weight excluding hydrogens is 340 g/mol. The molecule has 1 aliphatic rings. The molecular formula is C20H30N6O. The van der Waals surface area contributed by atoms with Crippen molar-refractivity contribution in [3.63, 3.8) is 0 Å². The van der Waals surface area contributed by atoms with E-state index < -0.39 is 0 Å². The van der Waals surface area contributed by atoms with E-state index in [1.807, 2.05) is 29.8 Å². The van der Waals surface area contributed by atoms with E-state index in [-0.39, 0.29) is 12.1 Å². The zero-order chi connectivity index (χ0) is 19.2. The molecule has 7 heteroatoms. The van der Waals surface area contributed by atoms with Crippen LogP contribution in [-0.2, 0) is 0 Å². The fourth-order valence-corrected chi connectivity index (χ4v) is 3.57. The Labute approximate surface area is 161 Å². The third-order valence-electron chi connectivity index (χ3n) is 4.92. The first-order valence-corrected chi connectivity index (χ1v) is 9.71. The summed E-state index contributed by atoms with van der Waals surface area (Å²) < 4.78 is 7.53. The van der Waals surface area contributed by atoms with E-state index in [2.05, 4.69) is 57.9 Å². The standard InChI is InChI=1S/C20H30N6O/c1-5-11-24-12-14-25(15-13-24)19(20-21-22-23-26(20)16(3)4)17-7-9-18(10-8-17)27-6-2/h5,7-10,16,19H,1,6,11-15H2,2-4H3. The van der Waals surface area contributed by atoms with Gasteiger partial charge in [0.05, 0.1) is 18.7 Å². The number of ether oxygens (including phenoxy) is 1. The molecule has 0 N–H and O–H groups in total. The van der Waals surface area contributed by atoms with Crippen LogP contribution in [0.4, 0.5) is 0 Å². The Morgan fingerprint density at radius 1 is 1.15 bits per heavy atom. The zero-order valence-corrected chi connectivity index (χ0v) is 16.6. The summed E-state index contributed by atoms with van der Waals surface area (Å²) >= 11 is 0. The first-order valence-electron chi connectivity index (χ1n) is 9.71.